The lowest BCUT2D eigenvalue weighted by molar-refractivity contribution is -0.100. The molecular formula is C15H21F2N4O2Si. The minimum atomic E-state index is -2.67. The van der Waals surface area contributed by atoms with Crippen molar-refractivity contribution in [2.75, 3.05) is 0 Å². The second-order valence-corrected chi connectivity index (χ2v) is 9.08. The van der Waals surface area contributed by atoms with E-state index in [2.05, 4.69) is 10.1 Å². The van der Waals surface area contributed by atoms with Crippen LogP contribution < -0.4 is 10.7 Å². The van der Waals surface area contributed by atoms with Crippen LogP contribution in [-0.4, -0.2) is 36.1 Å². The highest BCUT2D eigenvalue weighted by Gasteiger charge is 2.65. The third-order valence-corrected chi connectivity index (χ3v) is 7.58. The van der Waals surface area contributed by atoms with Crippen LogP contribution in [0.4, 0.5) is 13.6 Å². The Morgan fingerprint density at radius 2 is 2.17 bits per heavy atom. The lowest BCUT2D eigenvalue weighted by atomic mass is 9.82. The molecule has 131 valence electrons. The lowest BCUT2D eigenvalue weighted by Crippen LogP contribution is -2.54. The molecule has 1 aromatic heterocycles. The van der Waals surface area contributed by atoms with Crippen LogP contribution in [0.1, 0.15) is 49.5 Å². The van der Waals surface area contributed by atoms with Gasteiger partial charge in [-0.1, -0.05) is 0 Å². The van der Waals surface area contributed by atoms with Crippen molar-refractivity contribution in [3.63, 3.8) is 0 Å². The van der Waals surface area contributed by atoms with E-state index in [0.29, 0.717) is 25.1 Å². The predicted molar refractivity (Wildman–Crippen MR) is 84.9 cm³/mol. The van der Waals surface area contributed by atoms with Crippen molar-refractivity contribution in [1.82, 2.24) is 14.8 Å². The smallest absolute Gasteiger partial charge is 0.284 e. The van der Waals surface area contributed by atoms with E-state index in [4.69, 9.17) is 5.73 Å². The fraction of sp³-hybridized carbons (Fsp3) is 0.667. The van der Waals surface area contributed by atoms with Gasteiger partial charge in [-0.3, -0.25) is 14.3 Å². The summed E-state index contributed by atoms with van der Waals surface area (Å²) in [5.41, 5.74) is 4.04. The van der Waals surface area contributed by atoms with Gasteiger partial charge < -0.3 is 10.7 Å². The van der Waals surface area contributed by atoms with Crippen molar-refractivity contribution in [2.24, 2.45) is 11.1 Å². The first kappa shape index (κ1) is 17.1. The molecule has 1 atom stereocenters. The number of primary amides is 1. The van der Waals surface area contributed by atoms with E-state index < -0.39 is 31.7 Å². The minimum absolute atomic E-state index is 0.222. The summed E-state index contributed by atoms with van der Waals surface area (Å²) in [6, 6.07) is 1.57. The largest absolute Gasteiger partial charge is 0.373 e. The van der Waals surface area contributed by atoms with Gasteiger partial charge in [0.2, 0.25) is 5.53 Å². The highest BCUT2D eigenvalue weighted by atomic mass is 28.3. The Morgan fingerprint density at radius 3 is 2.75 bits per heavy atom. The molecular weight excluding hydrogens is 334 g/mol. The van der Waals surface area contributed by atoms with Crippen molar-refractivity contribution < 1.29 is 18.4 Å². The number of aromatic nitrogens is 2. The Morgan fingerprint density at radius 1 is 1.46 bits per heavy atom. The summed E-state index contributed by atoms with van der Waals surface area (Å²) in [7, 11) is -2.13. The van der Waals surface area contributed by atoms with E-state index in [1.165, 1.54) is 10.9 Å². The number of alkyl halides is 2. The molecule has 1 spiro atoms. The minimum Gasteiger partial charge on any atom is -0.373 e. The molecule has 2 fully saturated rings. The molecule has 0 bridgehead atoms. The molecule has 2 saturated carbocycles. The predicted octanol–water partition coefficient (Wildman–Crippen LogP) is 2.25. The summed E-state index contributed by atoms with van der Waals surface area (Å²) in [5, 5.41) is 4.02. The number of nitrogens with one attached hydrogen (secondary N) is 1. The first-order chi connectivity index (χ1) is 11.3. The summed E-state index contributed by atoms with van der Waals surface area (Å²) in [6.07, 6.45) is 2.74. The molecule has 1 radical (unpaired) electrons. The number of aryl methyl sites for hydroxylation is 1. The zero-order valence-corrected chi connectivity index (χ0v) is 14.5. The number of amides is 2. The summed E-state index contributed by atoms with van der Waals surface area (Å²) in [4.78, 5) is 27.1. The normalized spacial score (nSPS) is 24.1. The number of hydrogen-bond donors (Lipinski definition) is 2. The van der Waals surface area contributed by atoms with Gasteiger partial charge in [0, 0.05) is 24.6 Å². The van der Waals surface area contributed by atoms with Crippen LogP contribution in [0.3, 0.4) is 0 Å². The third-order valence-electron chi connectivity index (χ3n) is 5.24. The van der Waals surface area contributed by atoms with Crippen LogP contribution in [0.25, 0.3) is 0 Å². The SMILES string of the molecule is CCn1nccc1C(=O)N[Si](C(N)=O)[C@H]1CCC(F)(F)C2(CC2)C1. The van der Waals surface area contributed by atoms with E-state index in [0.717, 1.165) is 0 Å². The van der Waals surface area contributed by atoms with Crippen LogP contribution in [-0.2, 0) is 6.54 Å². The number of nitrogens with zero attached hydrogens (tertiary/aromatic N) is 2. The van der Waals surface area contributed by atoms with Crippen LogP contribution in [0.15, 0.2) is 12.3 Å². The van der Waals surface area contributed by atoms with Gasteiger partial charge >= 0.3 is 0 Å². The van der Waals surface area contributed by atoms with Crippen molar-refractivity contribution in [2.45, 2.75) is 57.0 Å². The number of carbonyl (C=O) groups excluding carboxylic acids is 2. The van der Waals surface area contributed by atoms with Crippen molar-refractivity contribution in [3.05, 3.63) is 18.0 Å². The van der Waals surface area contributed by atoms with E-state index >= 15 is 0 Å². The molecule has 2 aliphatic rings. The third kappa shape index (κ3) is 2.85. The van der Waals surface area contributed by atoms with Crippen LogP contribution in [0.2, 0.25) is 5.54 Å². The molecule has 0 unspecified atom stereocenters. The molecule has 0 aliphatic heterocycles. The first-order valence-corrected chi connectivity index (χ1v) is 9.75. The van der Waals surface area contributed by atoms with Gasteiger partial charge in [-0.15, -0.1) is 0 Å². The van der Waals surface area contributed by atoms with Gasteiger partial charge in [0.25, 0.3) is 20.8 Å². The van der Waals surface area contributed by atoms with Gasteiger partial charge in [-0.25, -0.2) is 8.78 Å². The Balaban J connectivity index is 1.74. The average Bonchev–Trinajstić information content (AvgIpc) is 3.14. The van der Waals surface area contributed by atoms with Gasteiger partial charge in [-0.2, -0.15) is 5.10 Å². The van der Waals surface area contributed by atoms with Crippen molar-refractivity contribution in [3.8, 4) is 0 Å². The highest BCUT2D eigenvalue weighted by molar-refractivity contribution is 6.90. The highest BCUT2D eigenvalue weighted by Crippen LogP contribution is 2.66. The quantitative estimate of drug-likeness (QED) is 0.794. The Hall–Kier alpha value is -1.77. The zero-order valence-electron chi connectivity index (χ0n) is 13.5. The molecule has 0 saturated heterocycles. The van der Waals surface area contributed by atoms with Crippen molar-refractivity contribution in [1.29, 1.82) is 0 Å². The van der Waals surface area contributed by atoms with E-state index in [1.54, 1.807) is 6.07 Å². The molecule has 6 nitrogen and oxygen atoms in total. The maximum Gasteiger partial charge on any atom is 0.284 e. The van der Waals surface area contributed by atoms with Gasteiger partial charge in [0.05, 0.1) is 0 Å². The number of rotatable bonds is 5. The Labute approximate surface area is 140 Å². The molecule has 1 aromatic rings. The fourth-order valence-corrected chi connectivity index (χ4v) is 5.77. The molecule has 0 aromatic carbocycles. The number of nitrogens with two attached hydrogens (primary N) is 1. The summed E-state index contributed by atoms with van der Waals surface area (Å²) < 4.78 is 29.6. The maximum atomic E-state index is 14.1. The van der Waals surface area contributed by atoms with E-state index in [1.807, 2.05) is 6.92 Å². The summed E-state index contributed by atoms with van der Waals surface area (Å²) in [5.74, 6) is -3.08. The molecule has 3 rings (SSSR count). The summed E-state index contributed by atoms with van der Waals surface area (Å²) >= 11 is 0. The second kappa shape index (κ2) is 5.94. The molecule has 1 heterocycles. The van der Waals surface area contributed by atoms with Gasteiger partial charge in [0.15, 0.2) is 0 Å². The Kier molecular flexibility index (Phi) is 4.23. The van der Waals surface area contributed by atoms with E-state index in [-0.39, 0.29) is 24.8 Å². The van der Waals surface area contributed by atoms with Crippen LogP contribution in [0.5, 0.6) is 0 Å². The Bertz CT molecular complexity index is 660. The topological polar surface area (TPSA) is 90.0 Å². The molecule has 2 amide bonds. The fourth-order valence-electron chi connectivity index (χ4n) is 3.64. The zero-order chi connectivity index (χ0) is 17.5. The molecule has 2 aliphatic carbocycles. The van der Waals surface area contributed by atoms with Gasteiger partial charge in [0.1, 0.15) is 5.69 Å². The average molecular weight is 355 g/mol. The number of carbonyl (C=O) groups is 2. The number of halogens is 2. The first-order valence-electron chi connectivity index (χ1n) is 8.17. The second-order valence-electron chi connectivity index (χ2n) is 6.69. The maximum absolute atomic E-state index is 14.1. The van der Waals surface area contributed by atoms with E-state index in [9.17, 15) is 18.4 Å². The monoisotopic (exact) mass is 355 g/mol. The summed E-state index contributed by atoms with van der Waals surface area (Å²) in [6.45, 7) is 2.37. The lowest BCUT2D eigenvalue weighted by Gasteiger charge is -2.38. The van der Waals surface area contributed by atoms with Gasteiger partial charge in [-0.05, 0) is 44.2 Å². The van der Waals surface area contributed by atoms with Crippen molar-refractivity contribution >= 4 is 20.4 Å². The number of hydrogen-bond acceptors (Lipinski definition) is 3. The molecule has 24 heavy (non-hydrogen) atoms. The molecule has 9 heteroatoms. The van der Waals surface area contributed by atoms with Crippen LogP contribution >= 0.6 is 0 Å². The molecule has 3 N–H and O–H groups in total. The standard InChI is InChI=1S/C15H21F2N4O2Si/c1-2-21-11(4-8-19-21)12(22)20-24(13(18)23)10-3-5-15(16,17)14(9-10)6-7-14/h4,8,10H,2-3,5-7,9H2,1H3,(H2,18,23)(H,20,22)/t10-/m0/s1. The van der Waals surface area contributed by atoms with Crippen LogP contribution in [0, 0.1) is 5.41 Å².